The van der Waals surface area contributed by atoms with E-state index in [1.54, 1.807) is 49.4 Å². The quantitative estimate of drug-likeness (QED) is 0.832. The highest BCUT2D eigenvalue weighted by Gasteiger charge is 2.19. The summed E-state index contributed by atoms with van der Waals surface area (Å²) in [5.41, 5.74) is 7.81. The third-order valence-electron chi connectivity index (χ3n) is 3.23. The van der Waals surface area contributed by atoms with Crippen molar-refractivity contribution in [3.8, 4) is 0 Å². The van der Waals surface area contributed by atoms with E-state index in [1.165, 1.54) is 0 Å². The molecule has 2 aromatic carbocycles. The van der Waals surface area contributed by atoms with Gasteiger partial charge in [0.05, 0.1) is 9.79 Å². The third kappa shape index (κ3) is 3.36. The van der Waals surface area contributed by atoms with Crippen LogP contribution in [-0.2, 0) is 9.84 Å². The maximum Gasteiger partial charge on any atom is 0.206 e. The number of nitrogen functional groups attached to an aromatic ring is 1. The highest BCUT2D eigenvalue weighted by Crippen LogP contribution is 2.26. The van der Waals surface area contributed by atoms with Crippen LogP contribution in [0.15, 0.2) is 52.3 Å². The first-order valence-electron chi connectivity index (χ1n) is 6.90. The molecule has 0 aliphatic carbocycles. The van der Waals surface area contributed by atoms with Crippen molar-refractivity contribution in [2.75, 3.05) is 17.6 Å². The molecule has 0 spiro atoms. The van der Waals surface area contributed by atoms with Crippen LogP contribution >= 0.6 is 0 Å². The number of sulfone groups is 1. The zero-order valence-corrected chi connectivity index (χ0v) is 13.1. The van der Waals surface area contributed by atoms with E-state index in [4.69, 9.17) is 5.73 Å². The number of hydrogen-bond acceptors (Lipinski definition) is 4. The number of nitrogens with one attached hydrogen (secondary N) is 1. The summed E-state index contributed by atoms with van der Waals surface area (Å²) in [6, 6.07) is 11.7. The molecular weight excluding hydrogens is 284 g/mol. The third-order valence-corrected chi connectivity index (χ3v) is 5.16. The Balaban J connectivity index is 2.35. The monoisotopic (exact) mass is 304 g/mol. The van der Waals surface area contributed by atoms with Crippen LogP contribution in [0.5, 0.6) is 0 Å². The molecule has 21 heavy (non-hydrogen) atoms. The molecule has 112 valence electrons. The lowest BCUT2D eigenvalue weighted by Gasteiger charge is -2.10. The van der Waals surface area contributed by atoms with E-state index >= 15 is 0 Å². The molecule has 0 aliphatic heterocycles. The van der Waals surface area contributed by atoms with Gasteiger partial charge in [-0.15, -0.1) is 0 Å². The van der Waals surface area contributed by atoms with E-state index in [2.05, 4.69) is 12.2 Å². The second kappa shape index (κ2) is 6.18. The molecule has 0 amide bonds. The van der Waals surface area contributed by atoms with Gasteiger partial charge >= 0.3 is 0 Å². The Labute approximate surface area is 125 Å². The Morgan fingerprint density at radius 1 is 1.10 bits per heavy atom. The minimum Gasteiger partial charge on any atom is -0.399 e. The zero-order valence-electron chi connectivity index (χ0n) is 12.3. The lowest BCUT2D eigenvalue weighted by molar-refractivity contribution is 0.595. The molecule has 2 aromatic rings. The van der Waals surface area contributed by atoms with Gasteiger partial charge in [0.1, 0.15) is 0 Å². The van der Waals surface area contributed by atoms with Crippen molar-refractivity contribution in [2.45, 2.75) is 30.1 Å². The van der Waals surface area contributed by atoms with Crippen LogP contribution < -0.4 is 11.1 Å². The molecule has 0 fully saturated rings. The summed E-state index contributed by atoms with van der Waals surface area (Å²) < 4.78 is 25.3. The fourth-order valence-corrected chi connectivity index (χ4v) is 3.60. The zero-order chi connectivity index (χ0) is 15.5. The molecule has 0 bridgehead atoms. The van der Waals surface area contributed by atoms with E-state index in [1.807, 2.05) is 0 Å². The fourth-order valence-electron chi connectivity index (χ4n) is 2.12. The molecule has 0 atom stereocenters. The van der Waals surface area contributed by atoms with E-state index < -0.39 is 9.84 Å². The molecule has 5 heteroatoms. The molecule has 0 radical (unpaired) electrons. The molecule has 0 aliphatic rings. The van der Waals surface area contributed by atoms with Crippen molar-refractivity contribution >= 4 is 21.2 Å². The van der Waals surface area contributed by atoms with Gasteiger partial charge in [-0.3, -0.25) is 0 Å². The smallest absolute Gasteiger partial charge is 0.206 e. The van der Waals surface area contributed by atoms with E-state index in [-0.39, 0.29) is 4.90 Å². The van der Waals surface area contributed by atoms with Crippen molar-refractivity contribution in [1.29, 1.82) is 0 Å². The summed E-state index contributed by atoms with van der Waals surface area (Å²) >= 11 is 0. The summed E-state index contributed by atoms with van der Waals surface area (Å²) in [6.07, 6.45) is 1.02. The average molecular weight is 304 g/mol. The molecule has 2 rings (SSSR count). The summed E-state index contributed by atoms with van der Waals surface area (Å²) in [5, 5.41) is 3.22. The van der Waals surface area contributed by atoms with Crippen LogP contribution in [0.1, 0.15) is 18.9 Å². The maximum absolute atomic E-state index is 12.6. The Hall–Kier alpha value is -2.01. The van der Waals surface area contributed by atoms with Crippen LogP contribution in [0, 0.1) is 6.92 Å². The summed E-state index contributed by atoms with van der Waals surface area (Å²) in [5.74, 6) is 0. The lowest BCUT2D eigenvalue weighted by Crippen LogP contribution is -2.05. The topological polar surface area (TPSA) is 72.2 Å². The van der Waals surface area contributed by atoms with Gasteiger partial charge in [0.2, 0.25) is 9.84 Å². The van der Waals surface area contributed by atoms with Gasteiger partial charge in [0, 0.05) is 17.9 Å². The number of hydrogen-bond donors (Lipinski definition) is 2. The number of rotatable bonds is 5. The average Bonchev–Trinajstić information content (AvgIpc) is 2.45. The molecule has 0 aromatic heterocycles. The Bertz CT molecular complexity index is 722. The number of nitrogens with two attached hydrogens (primary N) is 1. The minimum absolute atomic E-state index is 0.289. The number of anilines is 2. The van der Waals surface area contributed by atoms with Gasteiger partial charge in [-0.05, 0) is 61.4 Å². The van der Waals surface area contributed by atoms with Gasteiger partial charge in [-0.1, -0.05) is 6.92 Å². The molecular formula is C16H20N2O2S. The number of benzene rings is 2. The SMILES string of the molecule is CCCNc1ccc(S(=O)(=O)c2ccc(N)cc2C)cc1. The van der Waals surface area contributed by atoms with E-state index in [9.17, 15) is 8.42 Å². The van der Waals surface area contributed by atoms with Crippen LogP contribution in [0.3, 0.4) is 0 Å². The molecule has 0 saturated carbocycles. The van der Waals surface area contributed by atoms with Crippen molar-refractivity contribution in [3.63, 3.8) is 0 Å². The first-order valence-corrected chi connectivity index (χ1v) is 8.38. The Kier molecular flexibility index (Phi) is 4.53. The van der Waals surface area contributed by atoms with Gasteiger partial charge < -0.3 is 11.1 Å². The first kappa shape index (κ1) is 15.4. The predicted octanol–water partition coefficient (Wildman–Crippen LogP) is 3.23. The van der Waals surface area contributed by atoms with Crippen LogP contribution in [0.4, 0.5) is 11.4 Å². The van der Waals surface area contributed by atoms with Gasteiger partial charge in [-0.25, -0.2) is 8.42 Å². The normalized spacial score (nSPS) is 11.3. The van der Waals surface area contributed by atoms with Crippen molar-refractivity contribution in [1.82, 2.24) is 0 Å². The van der Waals surface area contributed by atoms with Gasteiger partial charge in [0.15, 0.2) is 0 Å². The van der Waals surface area contributed by atoms with Crippen LogP contribution in [0.25, 0.3) is 0 Å². The Morgan fingerprint density at radius 3 is 2.33 bits per heavy atom. The van der Waals surface area contributed by atoms with E-state index in [0.717, 1.165) is 18.7 Å². The first-order chi connectivity index (χ1) is 9.95. The summed E-state index contributed by atoms with van der Waals surface area (Å²) in [4.78, 5) is 0.586. The van der Waals surface area contributed by atoms with E-state index in [0.29, 0.717) is 16.1 Å². The maximum atomic E-state index is 12.6. The van der Waals surface area contributed by atoms with Crippen LogP contribution in [0.2, 0.25) is 0 Å². The molecule has 0 unspecified atom stereocenters. The van der Waals surface area contributed by atoms with Gasteiger partial charge in [-0.2, -0.15) is 0 Å². The molecule has 3 N–H and O–H groups in total. The minimum atomic E-state index is -3.51. The summed E-state index contributed by atoms with van der Waals surface area (Å²) in [7, 11) is -3.51. The van der Waals surface area contributed by atoms with Crippen molar-refractivity contribution < 1.29 is 8.42 Å². The second-order valence-corrected chi connectivity index (χ2v) is 6.90. The van der Waals surface area contributed by atoms with Crippen molar-refractivity contribution in [3.05, 3.63) is 48.0 Å². The second-order valence-electron chi connectivity index (χ2n) is 4.98. The predicted molar refractivity (Wildman–Crippen MR) is 86.3 cm³/mol. The number of aryl methyl sites for hydroxylation is 1. The van der Waals surface area contributed by atoms with Crippen molar-refractivity contribution in [2.24, 2.45) is 0 Å². The Morgan fingerprint density at radius 2 is 1.76 bits per heavy atom. The highest BCUT2D eigenvalue weighted by atomic mass is 32.2. The standard InChI is InChI=1S/C16H20N2O2S/c1-3-10-18-14-5-7-15(8-6-14)21(19,20)16-9-4-13(17)11-12(16)2/h4-9,11,18H,3,10,17H2,1-2H3. The molecule has 0 heterocycles. The van der Waals surface area contributed by atoms with Crippen LogP contribution in [-0.4, -0.2) is 15.0 Å². The van der Waals surface area contributed by atoms with Gasteiger partial charge in [0.25, 0.3) is 0 Å². The largest absolute Gasteiger partial charge is 0.399 e. The summed E-state index contributed by atoms with van der Waals surface area (Å²) in [6.45, 7) is 4.69. The molecule has 4 nitrogen and oxygen atoms in total. The highest BCUT2D eigenvalue weighted by molar-refractivity contribution is 7.91. The molecule has 0 saturated heterocycles. The lowest BCUT2D eigenvalue weighted by atomic mass is 10.2. The fraction of sp³-hybridized carbons (Fsp3) is 0.250.